The van der Waals surface area contributed by atoms with Crippen LogP contribution in [0.1, 0.15) is 27.6 Å². The lowest BCUT2D eigenvalue weighted by molar-refractivity contribution is 0.0447. The van der Waals surface area contributed by atoms with Gasteiger partial charge in [0, 0.05) is 5.56 Å². The summed E-state index contributed by atoms with van der Waals surface area (Å²) in [5.74, 6) is -0.551. The van der Waals surface area contributed by atoms with Crippen LogP contribution in [0.5, 0.6) is 17.4 Å². The quantitative estimate of drug-likeness (QED) is 0.502. The number of cyclic esters (lactones) is 1. The van der Waals surface area contributed by atoms with Crippen molar-refractivity contribution in [3.63, 3.8) is 0 Å². The SMILES string of the molecule is COc1ccc2c(c1OC)C(=O)O[C@@H]2c1c(O)n(-c2ccccc2)c(=S)[nH]c1=O. The van der Waals surface area contributed by atoms with E-state index in [1.165, 1.54) is 18.8 Å². The number of nitrogens with one attached hydrogen (secondary N) is 1. The van der Waals surface area contributed by atoms with Gasteiger partial charge >= 0.3 is 5.97 Å². The molecule has 1 aliphatic rings. The number of para-hydroxylation sites is 1. The third kappa shape index (κ3) is 2.87. The van der Waals surface area contributed by atoms with Gasteiger partial charge in [-0.25, -0.2) is 4.79 Å². The van der Waals surface area contributed by atoms with E-state index < -0.39 is 23.5 Å². The number of hydrogen-bond donors (Lipinski definition) is 2. The molecule has 0 radical (unpaired) electrons. The summed E-state index contributed by atoms with van der Waals surface area (Å²) >= 11 is 5.22. The number of rotatable bonds is 4. The molecule has 1 aliphatic heterocycles. The van der Waals surface area contributed by atoms with Crippen LogP contribution >= 0.6 is 12.2 Å². The standard InChI is InChI=1S/C20H16N2O6S/c1-26-12-9-8-11-13(16(12)27-2)19(25)28-15(11)14-17(23)21-20(29)22(18(14)24)10-6-4-3-5-7-10/h3-9,15,24H,1-2H3,(H,21,23,29)/t15-/m0/s1. The molecule has 0 bridgehead atoms. The number of benzene rings is 2. The molecule has 0 unspecified atom stereocenters. The van der Waals surface area contributed by atoms with Crippen molar-refractivity contribution in [1.29, 1.82) is 0 Å². The number of H-pyrrole nitrogens is 1. The van der Waals surface area contributed by atoms with E-state index in [1.807, 2.05) is 6.07 Å². The summed E-state index contributed by atoms with van der Waals surface area (Å²) in [4.78, 5) is 27.8. The largest absolute Gasteiger partial charge is 0.494 e. The zero-order valence-corrected chi connectivity index (χ0v) is 16.3. The van der Waals surface area contributed by atoms with Gasteiger partial charge in [-0.1, -0.05) is 24.3 Å². The predicted molar refractivity (Wildman–Crippen MR) is 106 cm³/mol. The van der Waals surface area contributed by atoms with E-state index in [0.717, 1.165) is 0 Å². The molecule has 1 aromatic heterocycles. The van der Waals surface area contributed by atoms with Gasteiger partial charge in [-0.05, 0) is 30.4 Å². The second-order valence-electron chi connectivity index (χ2n) is 6.22. The fraction of sp³-hybridized carbons (Fsp3) is 0.150. The monoisotopic (exact) mass is 412 g/mol. The van der Waals surface area contributed by atoms with Crippen molar-refractivity contribution in [3.05, 3.63) is 74.3 Å². The minimum Gasteiger partial charge on any atom is -0.494 e. The minimum absolute atomic E-state index is 0.0132. The number of ether oxygens (including phenoxy) is 3. The number of aromatic amines is 1. The molecule has 0 amide bonds. The average molecular weight is 412 g/mol. The molecule has 0 saturated heterocycles. The number of hydrogen-bond acceptors (Lipinski definition) is 7. The second-order valence-corrected chi connectivity index (χ2v) is 6.60. The fourth-order valence-electron chi connectivity index (χ4n) is 3.41. The Morgan fingerprint density at radius 2 is 1.83 bits per heavy atom. The highest BCUT2D eigenvalue weighted by molar-refractivity contribution is 7.71. The van der Waals surface area contributed by atoms with E-state index in [0.29, 0.717) is 17.0 Å². The Morgan fingerprint density at radius 1 is 1.10 bits per heavy atom. The summed E-state index contributed by atoms with van der Waals surface area (Å²) in [5.41, 5.74) is 0.279. The number of fused-ring (bicyclic) bond motifs is 1. The first-order valence-electron chi connectivity index (χ1n) is 8.57. The van der Waals surface area contributed by atoms with Gasteiger partial charge in [0.05, 0.1) is 19.9 Å². The maximum atomic E-state index is 12.7. The molecule has 29 heavy (non-hydrogen) atoms. The Balaban J connectivity index is 1.96. The zero-order valence-electron chi connectivity index (χ0n) is 15.5. The van der Waals surface area contributed by atoms with Crippen LogP contribution in [0.2, 0.25) is 0 Å². The van der Waals surface area contributed by atoms with Crippen LogP contribution in [-0.2, 0) is 4.74 Å². The first kappa shape index (κ1) is 18.8. The van der Waals surface area contributed by atoms with Crippen LogP contribution in [-0.4, -0.2) is 34.8 Å². The molecule has 0 spiro atoms. The summed E-state index contributed by atoms with van der Waals surface area (Å²) in [7, 11) is 2.85. The summed E-state index contributed by atoms with van der Waals surface area (Å²) in [6.07, 6.45) is -1.13. The normalized spacial score (nSPS) is 15.0. The van der Waals surface area contributed by atoms with Crippen molar-refractivity contribution in [3.8, 4) is 23.1 Å². The van der Waals surface area contributed by atoms with Crippen LogP contribution in [0.4, 0.5) is 0 Å². The minimum atomic E-state index is -1.13. The smallest absolute Gasteiger partial charge is 0.343 e. The van der Waals surface area contributed by atoms with E-state index in [1.54, 1.807) is 36.4 Å². The Hall–Kier alpha value is -3.59. The van der Waals surface area contributed by atoms with Gasteiger partial charge in [-0.2, -0.15) is 0 Å². The molecule has 2 N–H and O–H groups in total. The maximum absolute atomic E-state index is 12.7. The molecule has 0 saturated carbocycles. The fourth-order valence-corrected chi connectivity index (χ4v) is 3.69. The Morgan fingerprint density at radius 3 is 2.48 bits per heavy atom. The van der Waals surface area contributed by atoms with Crippen molar-refractivity contribution in [1.82, 2.24) is 9.55 Å². The van der Waals surface area contributed by atoms with Gasteiger partial charge in [0.25, 0.3) is 5.56 Å². The topological polar surface area (TPSA) is 103 Å². The van der Waals surface area contributed by atoms with E-state index in [4.69, 9.17) is 26.4 Å². The molecule has 2 aromatic carbocycles. The van der Waals surface area contributed by atoms with Crippen LogP contribution < -0.4 is 15.0 Å². The number of aromatic hydroxyl groups is 1. The number of methoxy groups -OCH3 is 2. The first-order chi connectivity index (χ1) is 14.0. The number of carbonyl (C=O) groups excluding carboxylic acids is 1. The van der Waals surface area contributed by atoms with Gasteiger partial charge in [0.2, 0.25) is 5.88 Å². The Bertz CT molecular complexity index is 1230. The van der Waals surface area contributed by atoms with Crippen LogP contribution in [0, 0.1) is 4.77 Å². The molecule has 3 aromatic rings. The van der Waals surface area contributed by atoms with Crippen LogP contribution in [0.3, 0.4) is 0 Å². The molecule has 0 fully saturated rings. The summed E-state index contributed by atoms with van der Waals surface area (Å²) < 4.78 is 17.3. The van der Waals surface area contributed by atoms with Crippen molar-refractivity contribution in [2.75, 3.05) is 14.2 Å². The van der Waals surface area contributed by atoms with E-state index >= 15 is 0 Å². The van der Waals surface area contributed by atoms with E-state index in [2.05, 4.69) is 4.98 Å². The van der Waals surface area contributed by atoms with E-state index in [-0.39, 0.29) is 21.6 Å². The maximum Gasteiger partial charge on any atom is 0.343 e. The van der Waals surface area contributed by atoms with Crippen LogP contribution in [0.15, 0.2) is 47.3 Å². The zero-order chi connectivity index (χ0) is 20.7. The summed E-state index contributed by atoms with van der Waals surface area (Å²) in [6.45, 7) is 0. The van der Waals surface area contributed by atoms with Gasteiger partial charge in [-0.15, -0.1) is 0 Å². The van der Waals surface area contributed by atoms with Crippen molar-refractivity contribution in [2.24, 2.45) is 0 Å². The molecule has 148 valence electrons. The number of carbonyl (C=O) groups is 1. The lowest BCUT2D eigenvalue weighted by Crippen LogP contribution is -2.21. The molecule has 4 rings (SSSR count). The summed E-state index contributed by atoms with van der Waals surface area (Å²) in [5, 5.41) is 10.9. The lowest BCUT2D eigenvalue weighted by atomic mass is 9.99. The molecule has 1 atom stereocenters. The molecular formula is C20H16N2O6S. The molecule has 0 aliphatic carbocycles. The molecule has 8 nitrogen and oxygen atoms in total. The van der Waals surface area contributed by atoms with Gasteiger partial charge < -0.3 is 19.3 Å². The molecule has 2 heterocycles. The van der Waals surface area contributed by atoms with Crippen LogP contribution in [0.25, 0.3) is 5.69 Å². The van der Waals surface area contributed by atoms with Gasteiger partial charge in [0.15, 0.2) is 22.4 Å². The average Bonchev–Trinajstić information content (AvgIpc) is 3.04. The molecular weight excluding hydrogens is 396 g/mol. The van der Waals surface area contributed by atoms with Crippen molar-refractivity contribution < 1.29 is 24.1 Å². The number of aromatic nitrogens is 2. The lowest BCUT2D eigenvalue weighted by Gasteiger charge is -2.17. The van der Waals surface area contributed by atoms with E-state index in [9.17, 15) is 14.7 Å². The predicted octanol–water partition coefficient (Wildman–Crippen LogP) is 2.88. The number of nitrogens with zero attached hydrogens (tertiary/aromatic N) is 1. The Labute approximate surface area is 169 Å². The van der Waals surface area contributed by atoms with Crippen molar-refractivity contribution in [2.45, 2.75) is 6.10 Å². The third-order valence-corrected chi connectivity index (χ3v) is 4.97. The highest BCUT2D eigenvalue weighted by atomic mass is 32.1. The third-order valence-electron chi connectivity index (χ3n) is 4.69. The van der Waals surface area contributed by atoms with Crippen molar-refractivity contribution >= 4 is 18.2 Å². The highest BCUT2D eigenvalue weighted by Crippen LogP contribution is 2.45. The second kappa shape index (κ2) is 7.10. The highest BCUT2D eigenvalue weighted by Gasteiger charge is 2.40. The number of esters is 1. The Kier molecular flexibility index (Phi) is 4.59. The molecule has 9 heteroatoms. The summed E-state index contributed by atoms with van der Waals surface area (Å²) in [6, 6.07) is 12.0. The first-order valence-corrected chi connectivity index (χ1v) is 8.98. The van der Waals surface area contributed by atoms with Gasteiger partial charge in [-0.3, -0.25) is 14.3 Å². The van der Waals surface area contributed by atoms with Gasteiger partial charge in [0.1, 0.15) is 11.1 Å².